The van der Waals surface area contributed by atoms with Crippen molar-refractivity contribution in [3.63, 3.8) is 0 Å². The van der Waals surface area contributed by atoms with E-state index in [1.54, 1.807) is 43.3 Å². The quantitative estimate of drug-likeness (QED) is 0.645. The van der Waals surface area contributed by atoms with Crippen LogP contribution in [0.4, 0.5) is 17.1 Å². The molecule has 2 aromatic carbocycles. The van der Waals surface area contributed by atoms with Crippen molar-refractivity contribution in [1.82, 2.24) is 0 Å². The molecule has 1 aliphatic rings. The molecule has 1 atom stereocenters. The topological polar surface area (TPSA) is 102 Å². The van der Waals surface area contributed by atoms with Crippen molar-refractivity contribution in [3.8, 4) is 5.75 Å². The Kier molecular flexibility index (Phi) is 5.07. The summed E-state index contributed by atoms with van der Waals surface area (Å²) in [5.74, 6) is -0.516. The standard InChI is InChI=1S/C19H19N3O5/c1-12-7-8-14(10-16(12)22(25)26)20-19(24)13-9-18(23)21(11-13)15-5-3-4-6-17(15)27-2/h3-8,10,13H,9,11H2,1-2H3,(H,20,24). The molecule has 2 aromatic rings. The minimum absolute atomic E-state index is 0.0639. The van der Waals surface area contributed by atoms with Gasteiger partial charge in [0, 0.05) is 30.3 Å². The molecule has 8 heteroatoms. The lowest BCUT2D eigenvalue weighted by molar-refractivity contribution is -0.385. The van der Waals surface area contributed by atoms with Crippen LogP contribution in [0.3, 0.4) is 0 Å². The van der Waals surface area contributed by atoms with Crippen molar-refractivity contribution in [2.75, 3.05) is 23.9 Å². The second-order valence-electron chi connectivity index (χ2n) is 6.32. The van der Waals surface area contributed by atoms with Crippen LogP contribution < -0.4 is 15.0 Å². The Morgan fingerprint density at radius 1 is 1.30 bits per heavy atom. The molecule has 0 aromatic heterocycles. The largest absolute Gasteiger partial charge is 0.495 e. The molecule has 1 fully saturated rings. The van der Waals surface area contributed by atoms with E-state index in [1.165, 1.54) is 18.1 Å². The van der Waals surface area contributed by atoms with Crippen LogP contribution in [0.15, 0.2) is 42.5 Å². The molecule has 0 spiro atoms. The van der Waals surface area contributed by atoms with Gasteiger partial charge in [-0.2, -0.15) is 0 Å². The van der Waals surface area contributed by atoms with Crippen LogP contribution in [0.1, 0.15) is 12.0 Å². The normalized spacial score (nSPS) is 16.3. The average molecular weight is 369 g/mol. The van der Waals surface area contributed by atoms with E-state index < -0.39 is 10.8 Å². The fourth-order valence-electron chi connectivity index (χ4n) is 3.10. The first-order chi connectivity index (χ1) is 12.9. The molecule has 0 radical (unpaired) electrons. The number of hydrogen-bond acceptors (Lipinski definition) is 5. The zero-order chi connectivity index (χ0) is 19.6. The van der Waals surface area contributed by atoms with Gasteiger partial charge in [0.15, 0.2) is 0 Å². The first-order valence-electron chi connectivity index (χ1n) is 8.40. The molecular formula is C19H19N3O5. The summed E-state index contributed by atoms with van der Waals surface area (Å²) in [6.45, 7) is 1.85. The summed E-state index contributed by atoms with van der Waals surface area (Å²) >= 11 is 0. The van der Waals surface area contributed by atoms with E-state index in [0.717, 1.165) is 0 Å². The van der Waals surface area contributed by atoms with E-state index in [2.05, 4.69) is 5.32 Å². The van der Waals surface area contributed by atoms with Crippen LogP contribution in [0.5, 0.6) is 5.75 Å². The van der Waals surface area contributed by atoms with Crippen molar-refractivity contribution in [3.05, 3.63) is 58.1 Å². The minimum atomic E-state index is -0.553. The highest BCUT2D eigenvalue weighted by atomic mass is 16.6. The summed E-state index contributed by atoms with van der Waals surface area (Å²) in [4.78, 5) is 37.1. The number of rotatable bonds is 5. The average Bonchev–Trinajstić information content (AvgIpc) is 3.04. The lowest BCUT2D eigenvalue weighted by Crippen LogP contribution is -2.28. The SMILES string of the molecule is COc1ccccc1N1CC(C(=O)Nc2ccc(C)c([N+](=O)[O-])c2)CC1=O. The maximum Gasteiger partial charge on any atom is 0.274 e. The second kappa shape index (κ2) is 7.45. The number of hydrogen-bond donors (Lipinski definition) is 1. The number of amides is 2. The lowest BCUT2D eigenvalue weighted by Gasteiger charge is -2.19. The molecule has 1 saturated heterocycles. The van der Waals surface area contributed by atoms with Gasteiger partial charge in [0.25, 0.3) is 5.69 Å². The van der Waals surface area contributed by atoms with Crippen molar-refractivity contribution in [2.45, 2.75) is 13.3 Å². The van der Waals surface area contributed by atoms with Gasteiger partial charge in [0.05, 0.1) is 23.6 Å². The Balaban J connectivity index is 1.75. The highest BCUT2D eigenvalue weighted by molar-refractivity contribution is 6.04. The first kappa shape index (κ1) is 18.4. The van der Waals surface area contributed by atoms with E-state index in [0.29, 0.717) is 22.7 Å². The zero-order valence-corrected chi connectivity index (χ0v) is 15.0. The molecule has 1 aliphatic heterocycles. The maximum absolute atomic E-state index is 12.6. The van der Waals surface area contributed by atoms with Gasteiger partial charge in [0.1, 0.15) is 5.75 Å². The fourth-order valence-corrected chi connectivity index (χ4v) is 3.10. The number of methoxy groups -OCH3 is 1. The Bertz CT molecular complexity index is 912. The van der Waals surface area contributed by atoms with Crippen LogP contribution in [-0.2, 0) is 9.59 Å². The number of nitrogens with one attached hydrogen (secondary N) is 1. The first-order valence-corrected chi connectivity index (χ1v) is 8.40. The van der Waals surface area contributed by atoms with Crippen molar-refractivity contribution >= 4 is 28.9 Å². The molecule has 0 saturated carbocycles. The Morgan fingerprint density at radius 2 is 2.04 bits per heavy atom. The maximum atomic E-state index is 12.6. The van der Waals surface area contributed by atoms with Crippen LogP contribution >= 0.6 is 0 Å². The third kappa shape index (κ3) is 3.74. The fraction of sp³-hybridized carbons (Fsp3) is 0.263. The zero-order valence-electron chi connectivity index (χ0n) is 15.0. The van der Waals surface area contributed by atoms with Crippen molar-refractivity contribution in [2.24, 2.45) is 5.92 Å². The van der Waals surface area contributed by atoms with Gasteiger partial charge in [-0.3, -0.25) is 19.7 Å². The molecule has 3 rings (SSSR count). The third-order valence-electron chi connectivity index (χ3n) is 4.55. The van der Waals surface area contributed by atoms with Crippen LogP contribution in [0.2, 0.25) is 0 Å². The molecule has 1 unspecified atom stereocenters. The van der Waals surface area contributed by atoms with Crippen molar-refractivity contribution < 1.29 is 19.2 Å². The van der Waals surface area contributed by atoms with Gasteiger partial charge in [-0.05, 0) is 25.1 Å². The third-order valence-corrected chi connectivity index (χ3v) is 4.55. The number of para-hydroxylation sites is 2. The molecule has 1 N–H and O–H groups in total. The molecule has 2 amide bonds. The van der Waals surface area contributed by atoms with Gasteiger partial charge in [0.2, 0.25) is 11.8 Å². The van der Waals surface area contributed by atoms with E-state index in [4.69, 9.17) is 4.74 Å². The summed E-state index contributed by atoms with van der Waals surface area (Å²) < 4.78 is 5.29. The van der Waals surface area contributed by atoms with E-state index >= 15 is 0 Å². The predicted molar refractivity (Wildman–Crippen MR) is 99.9 cm³/mol. The summed E-state index contributed by atoms with van der Waals surface area (Å²) in [5, 5.41) is 13.7. The van der Waals surface area contributed by atoms with Crippen LogP contribution in [0.25, 0.3) is 0 Å². The van der Waals surface area contributed by atoms with Gasteiger partial charge in [-0.15, -0.1) is 0 Å². The number of carbonyl (C=O) groups is 2. The molecule has 1 heterocycles. The molecule has 140 valence electrons. The number of nitrogens with zero attached hydrogens (tertiary/aromatic N) is 2. The Hall–Kier alpha value is -3.42. The molecule has 27 heavy (non-hydrogen) atoms. The monoisotopic (exact) mass is 369 g/mol. The summed E-state index contributed by atoms with van der Waals surface area (Å²) in [6.07, 6.45) is 0.0673. The highest BCUT2D eigenvalue weighted by Crippen LogP contribution is 2.33. The molecule has 8 nitrogen and oxygen atoms in total. The Labute approximate surface area is 155 Å². The van der Waals surface area contributed by atoms with Gasteiger partial charge >= 0.3 is 0 Å². The number of benzene rings is 2. The number of nitro benzene ring substituents is 1. The number of anilines is 2. The number of aryl methyl sites for hydroxylation is 1. The smallest absolute Gasteiger partial charge is 0.274 e. The van der Waals surface area contributed by atoms with Crippen molar-refractivity contribution in [1.29, 1.82) is 0 Å². The number of ether oxygens (including phenoxy) is 1. The van der Waals surface area contributed by atoms with Crippen LogP contribution in [-0.4, -0.2) is 30.4 Å². The molecular weight excluding hydrogens is 350 g/mol. The summed E-state index contributed by atoms with van der Waals surface area (Å²) in [6, 6.07) is 11.6. The molecule has 0 aliphatic carbocycles. The second-order valence-corrected chi connectivity index (χ2v) is 6.32. The van der Waals surface area contributed by atoms with Gasteiger partial charge in [-0.25, -0.2) is 0 Å². The molecule has 0 bridgehead atoms. The van der Waals surface area contributed by atoms with E-state index in [1.807, 2.05) is 0 Å². The Morgan fingerprint density at radius 3 is 2.74 bits per heavy atom. The van der Waals surface area contributed by atoms with E-state index in [-0.39, 0.29) is 30.5 Å². The van der Waals surface area contributed by atoms with Crippen LogP contribution in [0, 0.1) is 23.0 Å². The van der Waals surface area contributed by atoms with E-state index in [9.17, 15) is 19.7 Å². The summed E-state index contributed by atoms with van der Waals surface area (Å²) in [5.41, 5.74) is 1.40. The minimum Gasteiger partial charge on any atom is -0.495 e. The number of carbonyl (C=O) groups excluding carboxylic acids is 2. The lowest BCUT2D eigenvalue weighted by atomic mass is 10.1. The van der Waals surface area contributed by atoms with Gasteiger partial charge < -0.3 is 15.0 Å². The number of nitro groups is 1. The predicted octanol–water partition coefficient (Wildman–Crippen LogP) is 2.90. The van der Waals surface area contributed by atoms with Gasteiger partial charge in [-0.1, -0.05) is 18.2 Å². The summed E-state index contributed by atoms with van der Waals surface area (Å²) in [7, 11) is 1.52. The highest BCUT2D eigenvalue weighted by Gasteiger charge is 2.36.